The molecule has 4 heterocycles. The minimum atomic E-state index is -0.758. The molecule has 1 saturated heterocycles. The Kier molecular flexibility index (Phi) is 6.10. The average molecular weight is 517 g/mol. The SMILES string of the molecule is CC(C)(C)OC(=O)C1CN(Cc2ccc3c(c2)CCc2c-3noc2-c2onc(-c3ccccn3)c2CF)C1. The van der Waals surface area contributed by atoms with Crippen LogP contribution >= 0.6 is 0 Å². The molecule has 1 fully saturated rings. The van der Waals surface area contributed by atoms with Crippen LogP contribution in [0.25, 0.3) is 34.2 Å². The van der Waals surface area contributed by atoms with Crippen LogP contribution in [-0.4, -0.2) is 44.9 Å². The number of benzene rings is 1. The first-order valence-electron chi connectivity index (χ1n) is 12.8. The third kappa shape index (κ3) is 4.51. The van der Waals surface area contributed by atoms with Gasteiger partial charge in [0.1, 0.15) is 23.7 Å². The lowest BCUT2D eigenvalue weighted by molar-refractivity contribution is -0.166. The highest BCUT2D eigenvalue weighted by Gasteiger charge is 2.36. The number of nitrogens with zero attached hydrogens (tertiary/aromatic N) is 4. The Morgan fingerprint density at radius 1 is 1.08 bits per heavy atom. The second-order valence-electron chi connectivity index (χ2n) is 10.9. The zero-order chi connectivity index (χ0) is 26.4. The van der Waals surface area contributed by atoms with Gasteiger partial charge in [-0.1, -0.05) is 34.6 Å². The van der Waals surface area contributed by atoms with Gasteiger partial charge >= 0.3 is 5.97 Å². The lowest BCUT2D eigenvalue weighted by Gasteiger charge is -2.39. The van der Waals surface area contributed by atoms with Crippen molar-refractivity contribution < 1.29 is 23.0 Å². The molecule has 1 aromatic carbocycles. The van der Waals surface area contributed by atoms with Gasteiger partial charge in [-0.2, -0.15) is 0 Å². The van der Waals surface area contributed by atoms with Crippen LogP contribution in [0.1, 0.15) is 43.0 Å². The van der Waals surface area contributed by atoms with E-state index in [1.165, 1.54) is 11.1 Å². The molecule has 0 spiro atoms. The van der Waals surface area contributed by atoms with E-state index >= 15 is 0 Å². The second-order valence-corrected chi connectivity index (χ2v) is 10.9. The summed E-state index contributed by atoms with van der Waals surface area (Å²) in [4.78, 5) is 18.8. The minimum Gasteiger partial charge on any atom is -0.460 e. The molecular weight excluding hydrogens is 487 g/mol. The molecule has 0 bridgehead atoms. The van der Waals surface area contributed by atoms with Crippen LogP contribution < -0.4 is 0 Å². The van der Waals surface area contributed by atoms with E-state index in [4.69, 9.17) is 13.8 Å². The van der Waals surface area contributed by atoms with Crippen LogP contribution in [0.15, 0.2) is 51.6 Å². The van der Waals surface area contributed by atoms with E-state index < -0.39 is 12.3 Å². The number of ether oxygens (including phenoxy) is 1. The molecule has 0 N–H and O–H groups in total. The molecule has 8 nitrogen and oxygen atoms in total. The number of alkyl halides is 1. The lowest BCUT2D eigenvalue weighted by atomic mass is 9.87. The van der Waals surface area contributed by atoms with Crippen molar-refractivity contribution in [1.82, 2.24) is 20.2 Å². The van der Waals surface area contributed by atoms with Gasteiger partial charge in [-0.05, 0) is 56.9 Å². The van der Waals surface area contributed by atoms with Gasteiger partial charge < -0.3 is 13.8 Å². The molecule has 6 rings (SSSR count). The summed E-state index contributed by atoms with van der Waals surface area (Å²) in [5, 5.41) is 8.44. The van der Waals surface area contributed by atoms with Crippen molar-refractivity contribution in [1.29, 1.82) is 0 Å². The number of rotatable bonds is 6. The van der Waals surface area contributed by atoms with E-state index in [1.807, 2.05) is 26.8 Å². The number of hydrogen-bond acceptors (Lipinski definition) is 8. The molecule has 1 aliphatic carbocycles. The summed E-state index contributed by atoms with van der Waals surface area (Å²) in [7, 11) is 0. The van der Waals surface area contributed by atoms with Crippen molar-refractivity contribution in [3.8, 4) is 34.2 Å². The van der Waals surface area contributed by atoms with E-state index in [2.05, 4.69) is 38.4 Å². The van der Waals surface area contributed by atoms with Gasteiger partial charge in [0.15, 0.2) is 0 Å². The van der Waals surface area contributed by atoms with E-state index in [0.717, 1.165) is 29.8 Å². The van der Waals surface area contributed by atoms with Crippen LogP contribution in [-0.2, 0) is 35.6 Å². The van der Waals surface area contributed by atoms with E-state index in [-0.39, 0.29) is 17.6 Å². The molecule has 3 aromatic heterocycles. The molecule has 0 saturated carbocycles. The van der Waals surface area contributed by atoms with Crippen LogP contribution in [0, 0.1) is 5.92 Å². The van der Waals surface area contributed by atoms with Crippen LogP contribution in [0.2, 0.25) is 0 Å². The molecule has 0 amide bonds. The summed E-state index contributed by atoms with van der Waals surface area (Å²) < 4.78 is 30.9. The molecule has 0 atom stereocenters. The number of halogens is 1. The minimum absolute atomic E-state index is 0.0635. The smallest absolute Gasteiger partial charge is 0.312 e. The third-order valence-corrected chi connectivity index (χ3v) is 7.00. The highest BCUT2D eigenvalue weighted by molar-refractivity contribution is 5.78. The second kappa shape index (κ2) is 9.47. The lowest BCUT2D eigenvalue weighted by Crippen LogP contribution is -2.51. The number of esters is 1. The Balaban J connectivity index is 1.19. The molecule has 0 radical (unpaired) electrons. The van der Waals surface area contributed by atoms with E-state index in [9.17, 15) is 9.18 Å². The zero-order valence-electron chi connectivity index (χ0n) is 21.7. The number of hydrogen-bond donors (Lipinski definition) is 0. The number of carbonyl (C=O) groups is 1. The van der Waals surface area contributed by atoms with Gasteiger partial charge in [0.25, 0.3) is 0 Å². The summed E-state index contributed by atoms with van der Waals surface area (Å²) in [6.45, 7) is 7.10. The Hall–Kier alpha value is -3.85. The topological polar surface area (TPSA) is 94.5 Å². The molecule has 38 heavy (non-hydrogen) atoms. The van der Waals surface area contributed by atoms with Crippen LogP contribution in [0.5, 0.6) is 0 Å². The fraction of sp³-hybridized carbons (Fsp3) is 0.379. The molecular formula is C29H29FN4O4. The maximum absolute atomic E-state index is 14.1. The van der Waals surface area contributed by atoms with E-state index in [1.54, 1.807) is 18.3 Å². The quantitative estimate of drug-likeness (QED) is 0.315. The summed E-state index contributed by atoms with van der Waals surface area (Å²) in [6, 6.07) is 11.7. The van der Waals surface area contributed by atoms with Crippen molar-refractivity contribution in [3.63, 3.8) is 0 Å². The largest absolute Gasteiger partial charge is 0.460 e. The first kappa shape index (κ1) is 24.5. The predicted molar refractivity (Wildman–Crippen MR) is 137 cm³/mol. The Morgan fingerprint density at radius 2 is 1.87 bits per heavy atom. The fourth-order valence-electron chi connectivity index (χ4n) is 5.18. The molecule has 1 aliphatic heterocycles. The van der Waals surface area contributed by atoms with E-state index in [0.29, 0.717) is 42.2 Å². The normalized spacial score (nSPS) is 15.6. The summed E-state index contributed by atoms with van der Waals surface area (Å²) in [5.74, 6) is 0.500. The molecule has 0 unspecified atom stereocenters. The molecule has 4 aromatic rings. The first-order valence-corrected chi connectivity index (χ1v) is 12.8. The van der Waals surface area contributed by atoms with Gasteiger partial charge in [0, 0.05) is 37.0 Å². The van der Waals surface area contributed by atoms with Gasteiger partial charge in [0.05, 0.1) is 17.2 Å². The summed E-state index contributed by atoms with van der Waals surface area (Å²) in [5.41, 5.74) is 5.79. The van der Waals surface area contributed by atoms with Crippen molar-refractivity contribution in [3.05, 3.63) is 64.8 Å². The molecule has 2 aliphatic rings. The Morgan fingerprint density at radius 3 is 2.61 bits per heavy atom. The van der Waals surface area contributed by atoms with Crippen LogP contribution in [0.4, 0.5) is 4.39 Å². The predicted octanol–water partition coefficient (Wildman–Crippen LogP) is 5.40. The number of pyridine rings is 1. The monoisotopic (exact) mass is 516 g/mol. The number of carbonyl (C=O) groups excluding carboxylic acids is 1. The maximum atomic E-state index is 14.1. The molecule has 9 heteroatoms. The maximum Gasteiger partial charge on any atom is 0.312 e. The number of likely N-dealkylation sites (tertiary alicyclic amines) is 1. The Labute approximate surface area is 219 Å². The number of fused-ring (bicyclic) bond motifs is 3. The average Bonchev–Trinajstić information content (AvgIpc) is 3.49. The van der Waals surface area contributed by atoms with Crippen molar-refractivity contribution in [2.75, 3.05) is 13.1 Å². The highest BCUT2D eigenvalue weighted by Crippen LogP contribution is 2.41. The zero-order valence-corrected chi connectivity index (χ0v) is 21.7. The van der Waals surface area contributed by atoms with Gasteiger partial charge in [0.2, 0.25) is 11.5 Å². The van der Waals surface area contributed by atoms with Crippen LogP contribution in [0.3, 0.4) is 0 Å². The summed E-state index contributed by atoms with van der Waals surface area (Å²) in [6.07, 6.45) is 3.13. The number of aryl methyl sites for hydroxylation is 1. The van der Waals surface area contributed by atoms with Crippen molar-refractivity contribution in [2.45, 2.75) is 52.4 Å². The summed E-state index contributed by atoms with van der Waals surface area (Å²) >= 11 is 0. The van der Waals surface area contributed by atoms with Gasteiger partial charge in [-0.25, -0.2) is 4.39 Å². The van der Waals surface area contributed by atoms with Crippen molar-refractivity contribution >= 4 is 5.97 Å². The highest BCUT2D eigenvalue weighted by atomic mass is 19.1. The number of aromatic nitrogens is 3. The fourth-order valence-corrected chi connectivity index (χ4v) is 5.18. The first-order chi connectivity index (χ1) is 18.3. The standard InChI is InChI=1S/C29H29FN4O4/c1-29(2,3)36-28(35)19-15-34(16-19)14-17-7-9-20-18(12-17)8-10-21-24(20)32-37-26(21)27-22(13-30)25(33-38-27)23-6-4-5-11-31-23/h4-7,9,11-12,19H,8,10,13-16H2,1-3H3. The Bertz CT molecular complexity index is 1480. The third-order valence-electron chi connectivity index (χ3n) is 7.00. The van der Waals surface area contributed by atoms with Gasteiger partial charge in [-0.3, -0.25) is 14.7 Å². The molecule has 196 valence electrons. The van der Waals surface area contributed by atoms with Crippen molar-refractivity contribution in [2.24, 2.45) is 5.92 Å². The van der Waals surface area contributed by atoms with Gasteiger partial charge in [-0.15, -0.1) is 0 Å².